The van der Waals surface area contributed by atoms with Gasteiger partial charge in [-0.2, -0.15) is 4.39 Å². The molecule has 0 fully saturated rings. The highest BCUT2D eigenvalue weighted by atomic mass is 19.2. The summed E-state index contributed by atoms with van der Waals surface area (Å²) >= 11 is 0. The summed E-state index contributed by atoms with van der Waals surface area (Å²) in [7, 11) is 0. The van der Waals surface area contributed by atoms with E-state index in [2.05, 4.69) is 10.3 Å². The maximum absolute atomic E-state index is 12.9. The molecule has 0 unspecified atom stereocenters. The van der Waals surface area contributed by atoms with E-state index < -0.39 is 29.3 Å². The second-order valence-corrected chi connectivity index (χ2v) is 3.55. The van der Waals surface area contributed by atoms with Crippen molar-refractivity contribution in [1.29, 1.82) is 0 Å². The molecule has 0 saturated heterocycles. The molecule has 0 aliphatic rings. The topological polar surface area (TPSA) is 42.0 Å². The molecule has 1 aromatic carbocycles. The number of benzene rings is 1. The number of carbonyl (C=O) groups is 1. The Balaban J connectivity index is 2.24. The molecule has 2 aromatic rings. The summed E-state index contributed by atoms with van der Waals surface area (Å²) in [5.41, 5.74) is -0.572. The van der Waals surface area contributed by atoms with Gasteiger partial charge in [0, 0.05) is 17.8 Å². The van der Waals surface area contributed by atoms with Gasteiger partial charge in [0.1, 0.15) is 5.69 Å². The zero-order valence-corrected chi connectivity index (χ0v) is 9.25. The van der Waals surface area contributed by atoms with Gasteiger partial charge in [-0.1, -0.05) is 6.07 Å². The van der Waals surface area contributed by atoms with Gasteiger partial charge in [-0.25, -0.2) is 18.2 Å². The van der Waals surface area contributed by atoms with E-state index >= 15 is 0 Å². The quantitative estimate of drug-likeness (QED) is 0.518. The Bertz CT molecular complexity index is 622. The first-order valence-electron chi connectivity index (χ1n) is 5.06. The highest BCUT2D eigenvalue weighted by Crippen LogP contribution is 2.17. The van der Waals surface area contributed by atoms with Gasteiger partial charge in [0.25, 0.3) is 5.91 Å². The first kappa shape index (κ1) is 13.0. The van der Waals surface area contributed by atoms with Crippen LogP contribution in [0, 0.1) is 23.4 Å². The first-order valence-corrected chi connectivity index (χ1v) is 5.06. The molecule has 0 spiro atoms. The summed E-state index contributed by atoms with van der Waals surface area (Å²) in [5, 5.41) is 2.08. The molecule has 1 amide bonds. The van der Waals surface area contributed by atoms with Gasteiger partial charge in [0.05, 0.1) is 0 Å². The molecule has 7 heteroatoms. The third-order valence-electron chi connectivity index (χ3n) is 2.19. The fourth-order valence-electron chi connectivity index (χ4n) is 1.36. The molecule has 0 aliphatic heterocycles. The van der Waals surface area contributed by atoms with Crippen LogP contribution >= 0.6 is 0 Å². The number of hydrogen-bond acceptors (Lipinski definition) is 2. The van der Waals surface area contributed by atoms with Gasteiger partial charge in [0.2, 0.25) is 5.95 Å². The van der Waals surface area contributed by atoms with Gasteiger partial charge in [0.15, 0.2) is 17.5 Å². The van der Waals surface area contributed by atoms with Crippen LogP contribution in [0.5, 0.6) is 0 Å². The molecule has 2 rings (SSSR count). The van der Waals surface area contributed by atoms with Crippen LogP contribution in [-0.2, 0) is 0 Å². The lowest BCUT2D eigenvalue weighted by Crippen LogP contribution is -2.14. The van der Waals surface area contributed by atoms with E-state index in [9.17, 15) is 22.4 Å². The molecule has 1 aromatic heterocycles. The summed E-state index contributed by atoms with van der Waals surface area (Å²) in [6, 6.07) is 4.72. The van der Waals surface area contributed by atoms with Gasteiger partial charge >= 0.3 is 0 Å². The van der Waals surface area contributed by atoms with E-state index in [-0.39, 0.29) is 11.4 Å². The van der Waals surface area contributed by atoms with Crippen LogP contribution in [0.2, 0.25) is 0 Å². The van der Waals surface area contributed by atoms with Crippen molar-refractivity contribution in [2.24, 2.45) is 0 Å². The molecular weight excluding hydrogens is 264 g/mol. The maximum atomic E-state index is 12.9. The van der Waals surface area contributed by atoms with Gasteiger partial charge < -0.3 is 5.32 Å². The number of nitrogens with zero attached hydrogens (tertiary/aromatic N) is 1. The van der Waals surface area contributed by atoms with E-state index in [0.717, 1.165) is 6.07 Å². The van der Waals surface area contributed by atoms with Crippen molar-refractivity contribution in [2.75, 3.05) is 5.32 Å². The summed E-state index contributed by atoms with van der Waals surface area (Å²) in [4.78, 5) is 14.9. The van der Waals surface area contributed by atoms with Crippen LogP contribution in [-0.4, -0.2) is 10.9 Å². The van der Waals surface area contributed by atoms with E-state index in [1.54, 1.807) is 0 Å². The number of aromatic nitrogens is 1. The first-order chi connectivity index (χ1) is 8.97. The zero-order chi connectivity index (χ0) is 14.0. The number of pyridine rings is 1. The molecule has 0 saturated carbocycles. The lowest BCUT2D eigenvalue weighted by molar-refractivity contribution is 0.102. The van der Waals surface area contributed by atoms with Gasteiger partial charge in [-0.05, 0) is 12.1 Å². The molecule has 1 N–H and O–H groups in total. The second kappa shape index (κ2) is 5.05. The molecule has 0 aliphatic carbocycles. The minimum Gasteiger partial charge on any atom is -0.320 e. The molecule has 3 nitrogen and oxygen atoms in total. The minimum atomic E-state index is -1.64. The normalized spacial score (nSPS) is 10.3. The monoisotopic (exact) mass is 270 g/mol. The van der Waals surface area contributed by atoms with E-state index in [4.69, 9.17) is 0 Å². The Morgan fingerprint density at radius 2 is 1.68 bits per heavy atom. The Hall–Kier alpha value is -2.44. The van der Waals surface area contributed by atoms with E-state index in [1.165, 1.54) is 12.1 Å². The third-order valence-corrected chi connectivity index (χ3v) is 2.19. The van der Waals surface area contributed by atoms with Crippen molar-refractivity contribution in [3.8, 4) is 0 Å². The van der Waals surface area contributed by atoms with E-state index in [0.29, 0.717) is 12.1 Å². The van der Waals surface area contributed by atoms with Crippen LogP contribution in [0.4, 0.5) is 23.2 Å². The number of amides is 1. The predicted molar refractivity (Wildman–Crippen MR) is 58.5 cm³/mol. The molecule has 19 heavy (non-hydrogen) atoms. The molecule has 98 valence electrons. The van der Waals surface area contributed by atoms with Crippen molar-refractivity contribution in [3.05, 3.63) is 59.4 Å². The summed E-state index contributed by atoms with van der Waals surface area (Å²) in [6.07, 6.45) is 0. The predicted octanol–water partition coefficient (Wildman–Crippen LogP) is 2.89. The van der Waals surface area contributed by atoms with Crippen LogP contribution in [0.3, 0.4) is 0 Å². The van der Waals surface area contributed by atoms with Crippen LogP contribution in [0.15, 0.2) is 30.3 Å². The number of halogens is 4. The molecule has 0 radical (unpaired) electrons. The van der Waals surface area contributed by atoms with Gasteiger partial charge in [-0.3, -0.25) is 4.79 Å². The average Bonchev–Trinajstić information content (AvgIpc) is 2.36. The van der Waals surface area contributed by atoms with Crippen molar-refractivity contribution in [2.45, 2.75) is 0 Å². The fourth-order valence-corrected chi connectivity index (χ4v) is 1.36. The minimum absolute atomic E-state index is 0.273. The Kier molecular flexibility index (Phi) is 3.46. The molecule has 0 bridgehead atoms. The Labute approximate surface area is 104 Å². The Morgan fingerprint density at radius 3 is 2.26 bits per heavy atom. The number of anilines is 1. The summed E-state index contributed by atoms with van der Waals surface area (Å²) in [5.74, 6) is -6.26. The lowest BCUT2D eigenvalue weighted by Gasteiger charge is -2.05. The summed E-state index contributed by atoms with van der Waals surface area (Å²) in [6.45, 7) is 0. The van der Waals surface area contributed by atoms with E-state index in [1.807, 2.05) is 0 Å². The molecular formula is C12H6F4N2O. The standard InChI is InChI=1S/C12H6F4N2O/c13-7-4-6(5-8(14)11(7)16)17-12(19)9-2-1-3-10(15)18-9/h1-5H,(H,17,19). The third kappa shape index (κ3) is 2.87. The Morgan fingerprint density at radius 1 is 1.05 bits per heavy atom. The van der Waals surface area contributed by atoms with Gasteiger partial charge in [-0.15, -0.1) is 0 Å². The smallest absolute Gasteiger partial charge is 0.274 e. The lowest BCUT2D eigenvalue weighted by atomic mass is 10.2. The van der Waals surface area contributed by atoms with Crippen molar-refractivity contribution >= 4 is 11.6 Å². The van der Waals surface area contributed by atoms with Crippen molar-refractivity contribution in [1.82, 2.24) is 4.98 Å². The van der Waals surface area contributed by atoms with Crippen molar-refractivity contribution < 1.29 is 22.4 Å². The molecule has 1 heterocycles. The highest BCUT2D eigenvalue weighted by Gasteiger charge is 2.13. The summed E-state index contributed by atoms with van der Waals surface area (Å²) < 4.78 is 51.3. The molecule has 0 atom stereocenters. The average molecular weight is 270 g/mol. The number of rotatable bonds is 2. The second-order valence-electron chi connectivity index (χ2n) is 3.55. The largest absolute Gasteiger partial charge is 0.320 e. The number of carbonyl (C=O) groups excluding carboxylic acids is 1. The highest BCUT2D eigenvalue weighted by molar-refractivity contribution is 6.02. The maximum Gasteiger partial charge on any atom is 0.274 e. The van der Waals surface area contributed by atoms with Crippen molar-refractivity contribution in [3.63, 3.8) is 0 Å². The number of nitrogens with one attached hydrogen (secondary N) is 1. The van der Waals surface area contributed by atoms with Crippen LogP contribution < -0.4 is 5.32 Å². The van der Waals surface area contributed by atoms with Crippen LogP contribution in [0.25, 0.3) is 0 Å². The zero-order valence-electron chi connectivity index (χ0n) is 9.25. The van der Waals surface area contributed by atoms with Crippen LogP contribution in [0.1, 0.15) is 10.5 Å². The fraction of sp³-hybridized carbons (Fsp3) is 0. The SMILES string of the molecule is O=C(Nc1cc(F)c(F)c(F)c1)c1cccc(F)n1. The number of hydrogen-bond donors (Lipinski definition) is 1.